The second-order valence-electron chi connectivity index (χ2n) is 6.96. The molecule has 0 saturated heterocycles. The van der Waals surface area contributed by atoms with Gasteiger partial charge in [-0.3, -0.25) is 4.98 Å². The van der Waals surface area contributed by atoms with Gasteiger partial charge in [0.05, 0.1) is 32.5 Å². The number of nitrogens with zero attached hydrogens (tertiary/aromatic N) is 2. The van der Waals surface area contributed by atoms with Crippen LogP contribution in [0.5, 0.6) is 17.2 Å². The fraction of sp³-hybridized carbons (Fsp3) is 0.125. The summed E-state index contributed by atoms with van der Waals surface area (Å²) in [6.07, 6.45) is 7.92. The second-order valence-corrected chi connectivity index (χ2v) is 6.96. The average molecular weight is 399 g/mol. The minimum absolute atomic E-state index is 0.561. The van der Waals surface area contributed by atoms with Crippen molar-refractivity contribution in [2.45, 2.75) is 0 Å². The Hall–Kier alpha value is -3.93. The van der Waals surface area contributed by atoms with Crippen molar-refractivity contribution in [2.75, 3.05) is 21.3 Å². The van der Waals surface area contributed by atoms with E-state index in [-0.39, 0.29) is 0 Å². The molecule has 0 atom stereocenters. The van der Waals surface area contributed by atoms with Gasteiger partial charge in [-0.1, -0.05) is 18.2 Å². The molecule has 30 heavy (non-hydrogen) atoms. The number of rotatable bonds is 5. The number of para-hydroxylation sites is 1. The molecule has 0 amide bonds. The van der Waals surface area contributed by atoms with Crippen molar-refractivity contribution in [1.29, 1.82) is 0 Å². The molecular formula is C24H21N3O3. The summed E-state index contributed by atoms with van der Waals surface area (Å²) in [5.41, 5.74) is 6.11. The molecule has 5 aromatic rings. The van der Waals surface area contributed by atoms with Crippen molar-refractivity contribution in [1.82, 2.24) is 14.4 Å². The lowest BCUT2D eigenvalue weighted by Gasteiger charge is -2.14. The predicted octanol–water partition coefficient (Wildman–Crippen LogP) is 5.18. The molecule has 150 valence electrons. The number of ether oxygens (including phenoxy) is 3. The topological polar surface area (TPSA) is 60.8 Å². The highest BCUT2D eigenvalue weighted by Crippen LogP contribution is 2.42. The molecule has 3 aromatic heterocycles. The molecule has 6 heteroatoms. The Morgan fingerprint density at radius 2 is 1.67 bits per heavy atom. The Morgan fingerprint density at radius 1 is 0.900 bits per heavy atom. The zero-order chi connectivity index (χ0) is 20.7. The third-order valence-electron chi connectivity index (χ3n) is 5.36. The maximum Gasteiger partial charge on any atom is 0.203 e. The molecule has 0 fully saturated rings. The molecule has 6 nitrogen and oxygen atoms in total. The minimum atomic E-state index is 0.561. The molecule has 0 aliphatic heterocycles. The zero-order valence-electron chi connectivity index (χ0n) is 17.0. The van der Waals surface area contributed by atoms with Gasteiger partial charge in [-0.2, -0.15) is 0 Å². The first-order chi connectivity index (χ1) is 14.7. The molecule has 0 saturated carbocycles. The molecule has 0 aliphatic carbocycles. The SMILES string of the molecule is COc1cc(-c2nccn3cc(-c4c[nH]c5ccccc45)cc23)cc(OC)c1OC. The maximum absolute atomic E-state index is 5.52. The summed E-state index contributed by atoms with van der Waals surface area (Å²) in [7, 11) is 4.82. The largest absolute Gasteiger partial charge is 0.493 e. The summed E-state index contributed by atoms with van der Waals surface area (Å²) in [4.78, 5) is 8.01. The van der Waals surface area contributed by atoms with E-state index in [4.69, 9.17) is 14.2 Å². The van der Waals surface area contributed by atoms with Gasteiger partial charge in [0.1, 0.15) is 0 Å². The third-order valence-corrected chi connectivity index (χ3v) is 5.36. The van der Waals surface area contributed by atoms with Crippen LogP contribution >= 0.6 is 0 Å². The number of hydrogen-bond donors (Lipinski definition) is 1. The standard InChI is InChI=1S/C24H21N3O3/c1-28-21-11-15(12-22(29-2)24(21)30-3)23-20-10-16(14-27(20)9-8-25-23)18-13-26-19-7-5-4-6-17(18)19/h4-14,26H,1-3H3. The van der Waals surface area contributed by atoms with E-state index in [1.807, 2.05) is 30.6 Å². The normalized spacial score (nSPS) is 11.2. The van der Waals surface area contributed by atoms with Crippen LogP contribution in [-0.2, 0) is 0 Å². The molecular weight excluding hydrogens is 378 g/mol. The van der Waals surface area contributed by atoms with Gasteiger partial charge in [-0.15, -0.1) is 0 Å². The zero-order valence-corrected chi connectivity index (χ0v) is 17.0. The van der Waals surface area contributed by atoms with E-state index in [9.17, 15) is 0 Å². The average Bonchev–Trinajstić information content (AvgIpc) is 3.41. The van der Waals surface area contributed by atoms with Gasteiger partial charge in [0, 0.05) is 52.4 Å². The fourth-order valence-electron chi connectivity index (χ4n) is 3.94. The minimum Gasteiger partial charge on any atom is -0.493 e. The Morgan fingerprint density at radius 3 is 2.40 bits per heavy atom. The van der Waals surface area contributed by atoms with Crippen LogP contribution in [0.1, 0.15) is 0 Å². The van der Waals surface area contributed by atoms with Crippen LogP contribution in [0.25, 0.3) is 38.8 Å². The highest BCUT2D eigenvalue weighted by atomic mass is 16.5. The van der Waals surface area contributed by atoms with Crippen LogP contribution in [0, 0.1) is 0 Å². The lowest BCUT2D eigenvalue weighted by molar-refractivity contribution is 0.324. The number of hydrogen-bond acceptors (Lipinski definition) is 4. The lowest BCUT2D eigenvalue weighted by Crippen LogP contribution is -1.97. The number of methoxy groups -OCH3 is 3. The van der Waals surface area contributed by atoms with Gasteiger partial charge >= 0.3 is 0 Å². The summed E-state index contributed by atoms with van der Waals surface area (Å²) >= 11 is 0. The molecule has 0 radical (unpaired) electrons. The van der Waals surface area contributed by atoms with Gasteiger partial charge in [0.15, 0.2) is 11.5 Å². The quantitative estimate of drug-likeness (QED) is 0.443. The number of nitrogens with one attached hydrogen (secondary N) is 1. The summed E-state index contributed by atoms with van der Waals surface area (Å²) in [6.45, 7) is 0. The number of aromatic nitrogens is 3. The first-order valence-electron chi connectivity index (χ1n) is 9.57. The third kappa shape index (κ3) is 2.76. The monoisotopic (exact) mass is 399 g/mol. The van der Waals surface area contributed by atoms with Gasteiger partial charge in [-0.05, 0) is 24.3 Å². The van der Waals surface area contributed by atoms with Gasteiger partial charge < -0.3 is 23.6 Å². The Balaban J connectivity index is 1.70. The highest BCUT2D eigenvalue weighted by molar-refractivity contribution is 5.97. The predicted molar refractivity (Wildman–Crippen MR) is 118 cm³/mol. The van der Waals surface area contributed by atoms with Crippen molar-refractivity contribution in [3.63, 3.8) is 0 Å². The Bertz CT molecular complexity index is 1340. The van der Waals surface area contributed by atoms with E-state index in [1.54, 1.807) is 27.5 Å². The van der Waals surface area contributed by atoms with Crippen LogP contribution in [-0.4, -0.2) is 35.7 Å². The summed E-state index contributed by atoms with van der Waals surface area (Å²) in [5.74, 6) is 1.75. The second kappa shape index (κ2) is 7.15. The fourth-order valence-corrected chi connectivity index (χ4v) is 3.94. The molecule has 1 N–H and O–H groups in total. The highest BCUT2D eigenvalue weighted by Gasteiger charge is 2.17. The first kappa shape index (κ1) is 18.1. The molecule has 0 aliphatic rings. The number of benzene rings is 2. The van der Waals surface area contributed by atoms with E-state index in [1.165, 1.54) is 5.39 Å². The molecule has 2 aromatic carbocycles. The number of H-pyrrole nitrogens is 1. The Labute approximate surface area is 173 Å². The van der Waals surface area contributed by atoms with E-state index >= 15 is 0 Å². The van der Waals surface area contributed by atoms with Crippen molar-refractivity contribution in [3.05, 3.63) is 67.3 Å². The van der Waals surface area contributed by atoms with Gasteiger partial charge in [0.2, 0.25) is 5.75 Å². The van der Waals surface area contributed by atoms with Crippen molar-refractivity contribution in [3.8, 4) is 39.6 Å². The van der Waals surface area contributed by atoms with Crippen molar-refractivity contribution >= 4 is 16.4 Å². The first-order valence-corrected chi connectivity index (χ1v) is 9.57. The number of aromatic amines is 1. The van der Waals surface area contributed by atoms with Gasteiger partial charge in [0.25, 0.3) is 0 Å². The van der Waals surface area contributed by atoms with Crippen LogP contribution in [0.3, 0.4) is 0 Å². The van der Waals surface area contributed by atoms with Crippen molar-refractivity contribution in [2.24, 2.45) is 0 Å². The van der Waals surface area contributed by atoms with Crippen LogP contribution in [0.15, 0.2) is 67.3 Å². The van der Waals surface area contributed by atoms with E-state index in [0.717, 1.165) is 33.4 Å². The molecule has 3 heterocycles. The smallest absolute Gasteiger partial charge is 0.203 e. The van der Waals surface area contributed by atoms with Gasteiger partial charge in [-0.25, -0.2) is 0 Å². The summed E-state index contributed by atoms with van der Waals surface area (Å²) in [6, 6.07) is 14.3. The van der Waals surface area contributed by atoms with E-state index in [0.29, 0.717) is 17.2 Å². The van der Waals surface area contributed by atoms with Crippen LogP contribution in [0.2, 0.25) is 0 Å². The van der Waals surface area contributed by atoms with E-state index < -0.39 is 0 Å². The molecule has 0 unspecified atom stereocenters. The summed E-state index contributed by atoms with van der Waals surface area (Å²) < 4.78 is 18.6. The van der Waals surface area contributed by atoms with Crippen LogP contribution in [0.4, 0.5) is 0 Å². The number of fused-ring (bicyclic) bond motifs is 2. The molecule has 0 spiro atoms. The van der Waals surface area contributed by atoms with E-state index in [2.05, 4.69) is 44.8 Å². The van der Waals surface area contributed by atoms with Crippen molar-refractivity contribution < 1.29 is 14.2 Å². The maximum atomic E-state index is 5.52. The lowest BCUT2D eigenvalue weighted by atomic mass is 10.1. The molecule has 0 bridgehead atoms. The summed E-state index contributed by atoms with van der Waals surface area (Å²) in [5, 5.41) is 1.19. The Kier molecular flexibility index (Phi) is 4.32. The molecule has 5 rings (SSSR count). The van der Waals surface area contributed by atoms with Crippen LogP contribution < -0.4 is 14.2 Å².